The van der Waals surface area contributed by atoms with E-state index in [0.717, 1.165) is 23.0 Å². The zero-order chi connectivity index (χ0) is 26.8. The number of benzene rings is 1. The molecule has 0 aliphatic carbocycles. The van der Waals surface area contributed by atoms with E-state index in [9.17, 15) is 26.4 Å². The molecule has 0 amide bonds. The van der Waals surface area contributed by atoms with E-state index in [4.69, 9.17) is 9.84 Å². The van der Waals surface area contributed by atoms with Gasteiger partial charge in [0, 0.05) is 37.8 Å². The highest BCUT2D eigenvalue weighted by atomic mass is 32.2. The number of pyridine rings is 1. The van der Waals surface area contributed by atoms with Crippen LogP contribution in [0.4, 0.5) is 24.7 Å². The third-order valence-corrected chi connectivity index (χ3v) is 8.45. The van der Waals surface area contributed by atoms with Crippen molar-refractivity contribution in [1.29, 1.82) is 0 Å². The first kappa shape index (κ1) is 28.1. The van der Waals surface area contributed by atoms with Crippen LogP contribution in [-0.2, 0) is 14.8 Å². The number of rotatable bonds is 9. The second-order valence-electron chi connectivity index (χ2n) is 8.74. The highest BCUT2D eigenvalue weighted by Crippen LogP contribution is 2.41. The van der Waals surface area contributed by atoms with E-state index >= 15 is 0 Å². The zero-order valence-electron chi connectivity index (χ0n) is 20.2. The number of likely N-dealkylation sites (N-methyl/N-ethyl adjacent to an activating group) is 1. The molecule has 0 bridgehead atoms. The molecule has 2 heterocycles. The van der Waals surface area contributed by atoms with Crippen LogP contribution >= 0.6 is 11.8 Å². The van der Waals surface area contributed by atoms with Crippen molar-refractivity contribution in [2.45, 2.75) is 48.6 Å². The number of ether oxygens (including phenoxy) is 1. The maximum Gasteiger partial charge on any atom is 0.309 e. The summed E-state index contributed by atoms with van der Waals surface area (Å²) in [7, 11) is -2.93. The van der Waals surface area contributed by atoms with Crippen LogP contribution in [0.15, 0.2) is 40.3 Å². The molecule has 1 aromatic heterocycles. The molecule has 0 spiro atoms. The number of thioether (sulfide) groups is 1. The first-order valence-corrected chi connectivity index (χ1v) is 13.7. The Kier molecular flexibility index (Phi) is 8.46. The Morgan fingerprint density at radius 2 is 2.06 bits per heavy atom. The van der Waals surface area contributed by atoms with Gasteiger partial charge in [0.15, 0.2) is 11.6 Å². The summed E-state index contributed by atoms with van der Waals surface area (Å²) in [5, 5.41) is 9.46. The van der Waals surface area contributed by atoms with Gasteiger partial charge in [-0.1, -0.05) is 6.07 Å². The minimum Gasteiger partial charge on any atom is -0.490 e. The van der Waals surface area contributed by atoms with E-state index < -0.39 is 46.1 Å². The van der Waals surface area contributed by atoms with Crippen LogP contribution < -0.4 is 9.64 Å². The Hall–Kier alpha value is -2.51. The lowest BCUT2D eigenvalue weighted by molar-refractivity contribution is -0.142. The highest BCUT2D eigenvalue weighted by Gasteiger charge is 2.40. The Morgan fingerprint density at radius 1 is 1.36 bits per heavy atom. The minimum absolute atomic E-state index is 0.00110. The fourth-order valence-electron chi connectivity index (χ4n) is 3.70. The Bertz CT molecular complexity index is 1220. The number of nitrogens with zero attached hydrogens (tertiary/aromatic N) is 3. The summed E-state index contributed by atoms with van der Waals surface area (Å²) in [6, 6.07) is 5.89. The van der Waals surface area contributed by atoms with Crippen molar-refractivity contribution in [2.75, 3.05) is 31.4 Å². The second-order valence-corrected chi connectivity index (χ2v) is 11.5. The molecular weight excluding hydrogens is 519 g/mol. The average molecular weight is 548 g/mol. The number of hydrogen-bond donors (Lipinski definition) is 1. The van der Waals surface area contributed by atoms with Gasteiger partial charge in [-0.15, -0.1) is 11.8 Å². The van der Waals surface area contributed by atoms with Gasteiger partial charge in [0.25, 0.3) is 0 Å². The van der Waals surface area contributed by atoms with Crippen LogP contribution in [0.2, 0.25) is 0 Å². The van der Waals surface area contributed by atoms with Crippen molar-refractivity contribution in [3.8, 4) is 5.75 Å². The minimum atomic E-state index is -4.24. The fraction of sp³-hybridized carbons (Fsp3) is 0.478. The van der Waals surface area contributed by atoms with Crippen molar-refractivity contribution in [3.05, 3.63) is 36.1 Å². The number of sulfonamides is 1. The maximum atomic E-state index is 14.1. The van der Waals surface area contributed by atoms with Crippen molar-refractivity contribution >= 4 is 39.3 Å². The van der Waals surface area contributed by atoms with Crippen molar-refractivity contribution in [1.82, 2.24) is 9.29 Å². The van der Waals surface area contributed by atoms with Gasteiger partial charge in [-0.2, -0.15) is 4.31 Å². The quantitative estimate of drug-likeness (QED) is 0.454. The van der Waals surface area contributed by atoms with Gasteiger partial charge in [-0.3, -0.25) is 4.79 Å². The van der Waals surface area contributed by atoms with Crippen LogP contribution in [-0.4, -0.2) is 67.2 Å². The molecular formula is C23H28F3N3O5S2. The molecule has 0 unspecified atom stereocenters. The fourth-order valence-corrected chi connectivity index (χ4v) is 5.71. The first-order valence-electron chi connectivity index (χ1n) is 11.1. The Balaban J connectivity index is 2.17. The average Bonchev–Trinajstić information content (AvgIpc) is 2.88. The molecule has 1 aliphatic rings. The lowest BCUT2D eigenvalue weighted by atomic mass is 10.1. The standard InChI is InChI=1S/C23H28F3N3O5S2/c1-14(22(30)31)13-34-18-11-19-20(27-21(18)35-4)29(16-7-5-6-15(24)10-16)12-17(8-9-23(2,25)26)28(3)36(19,32)33/h5-7,10-11,14,17H,8-9,12-13H2,1-4H3,(H,30,31)/t14-,17-/m1/s1. The van der Waals surface area contributed by atoms with Gasteiger partial charge in [0.05, 0.1) is 5.92 Å². The molecule has 0 fully saturated rings. The van der Waals surface area contributed by atoms with Crippen molar-refractivity contribution in [3.63, 3.8) is 0 Å². The maximum absolute atomic E-state index is 14.1. The number of carbonyl (C=O) groups is 1. The molecule has 8 nitrogen and oxygen atoms in total. The predicted octanol–water partition coefficient (Wildman–Crippen LogP) is 4.62. The van der Waals surface area contributed by atoms with E-state index in [1.165, 1.54) is 43.1 Å². The highest BCUT2D eigenvalue weighted by molar-refractivity contribution is 7.98. The number of alkyl halides is 2. The lowest BCUT2D eigenvalue weighted by Crippen LogP contribution is -2.41. The summed E-state index contributed by atoms with van der Waals surface area (Å²) in [6.07, 6.45) is 1.00. The molecule has 36 heavy (non-hydrogen) atoms. The molecule has 3 rings (SSSR count). The molecule has 1 aliphatic heterocycles. The van der Waals surface area contributed by atoms with Gasteiger partial charge in [0.1, 0.15) is 22.3 Å². The molecule has 0 saturated heterocycles. The topological polar surface area (TPSA) is 100 Å². The van der Waals surface area contributed by atoms with Gasteiger partial charge < -0.3 is 14.7 Å². The Morgan fingerprint density at radius 3 is 2.64 bits per heavy atom. The number of carboxylic acids is 1. The first-order chi connectivity index (χ1) is 16.7. The number of anilines is 2. The van der Waals surface area contributed by atoms with E-state index in [0.29, 0.717) is 10.7 Å². The third-order valence-electron chi connectivity index (χ3n) is 5.86. The SMILES string of the molecule is CSc1nc2c(cc1OC[C@@H](C)C(=O)O)S(=O)(=O)N(C)[C@H](CCC(C)(F)F)CN2c1cccc(F)c1. The molecule has 2 atom stereocenters. The Labute approximate surface area is 212 Å². The van der Waals surface area contributed by atoms with E-state index in [1.807, 2.05) is 0 Å². The van der Waals surface area contributed by atoms with Gasteiger partial charge in [-0.25, -0.2) is 26.6 Å². The summed E-state index contributed by atoms with van der Waals surface area (Å²) in [5.41, 5.74) is 0.308. The van der Waals surface area contributed by atoms with Crippen LogP contribution in [0, 0.1) is 11.7 Å². The van der Waals surface area contributed by atoms with Gasteiger partial charge in [0.2, 0.25) is 15.9 Å². The third kappa shape index (κ3) is 6.24. The van der Waals surface area contributed by atoms with E-state index in [-0.39, 0.29) is 36.0 Å². The normalized spacial score (nSPS) is 18.9. The number of carboxylic acid groups (broad SMARTS) is 1. The lowest BCUT2D eigenvalue weighted by Gasteiger charge is -2.29. The van der Waals surface area contributed by atoms with Crippen LogP contribution in [0.5, 0.6) is 5.75 Å². The van der Waals surface area contributed by atoms with E-state index in [2.05, 4.69) is 4.98 Å². The summed E-state index contributed by atoms with van der Waals surface area (Å²) in [4.78, 5) is 17.0. The van der Waals surface area contributed by atoms with Gasteiger partial charge in [-0.05, 0) is 44.7 Å². The molecule has 198 valence electrons. The molecule has 0 saturated carbocycles. The van der Waals surface area contributed by atoms with Crippen LogP contribution in [0.25, 0.3) is 0 Å². The molecule has 0 radical (unpaired) electrons. The van der Waals surface area contributed by atoms with Crippen LogP contribution in [0.1, 0.15) is 26.7 Å². The number of halogens is 3. The molecule has 1 aromatic carbocycles. The van der Waals surface area contributed by atoms with E-state index in [1.54, 1.807) is 12.3 Å². The van der Waals surface area contributed by atoms with Crippen LogP contribution in [0.3, 0.4) is 0 Å². The second kappa shape index (κ2) is 10.9. The zero-order valence-corrected chi connectivity index (χ0v) is 21.9. The van der Waals surface area contributed by atoms with Crippen molar-refractivity contribution in [2.24, 2.45) is 5.92 Å². The molecule has 13 heteroatoms. The summed E-state index contributed by atoms with van der Waals surface area (Å²) in [6.45, 7) is 1.95. The molecule has 1 N–H and O–H groups in total. The van der Waals surface area contributed by atoms with Gasteiger partial charge >= 0.3 is 5.97 Å². The largest absolute Gasteiger partial charge is 0.490 e. The summed E-state index contributed by atoms with van der Waals surface area (Å²) < 4.78 is 75.5. The summed E-state index contributed by atoms with van der Waals surface area (Å²) >= 11 is 1.16. The monoisotopic (exact) mass is 547 g/mol. The number of hydrogen-bond acceptors (Lipinski definition) is 7. The van der Waals surface area contributed by atoms with Crippen molar-refractivity contribution < 1.29 is 36.2 Å². The number of aliphatic carboxylic acids is 1. The smallest absolute Gasteiger partial charge is 0.309 e. The molecule has 2 aromatic rings. The predicted molar refractivity (Wildman–Crippen MR) is 130 cm³/mol. The number of fused-ring (bicyclic) bond motifs is 1. The number of aromatic nitrogens is 1. The summed E-state index contributed by atoms with van der Waals surface area (Å²) in [5.74, 6) is -5.42.